The number of benzene rings is 2. The Kier molecular flexibility index (Phi) is 6.67. The second-order valence-electron chi connectivity index (χ2n) is 9.78. The van der Waals surface area contributed by atoms with Crippen molar-refractivity contribution in [1.29, 1.82) is 0 Å². The number of aryl methyl sites for hydroxylation is 1. The van der Waals surface area contributed by atoms with Gasteiger partial charge in [-0.3, -0.25) is 9.59 Å². The molecule has 0 radical (unpaired) electrons. The van der Waals surface area contributed by atoms with Gasteiger partial charge in [-0.2, -0.15) is 0 Å². The first-order chi connectivity index (χ1) is 17.4. The van der Waals surface area contributed by atoms with Gasteiger partial charge in [-0.05, 0) is 37.5 Å². The maximum atomic E-state index is 14.0. The molecule has 3 aromatic rings. The highest BCUT2D eigenvalue weighted by atomic mass is 32.1. The second kappa shape index (κ2) is 9.90. The molecule has 2 aliphatic rings. The maximum absolute atomic E-state index is 14.0. The van der Waals surface area contributed by atoms with Gasteiger partial charge in [0.25, 0.3) is 5.91 Å². The summed E-state index contributed by atoms with van der Waals surface area (Å²) in [5.41, 5.74) is 3.56. The first-order valence-electron chi connectivity index (χ1n) is 12.5. The largest absolute Gasteiger partial charge is 0.503 e. The molecule has 36 heavy (non-hydrogen) atoms. The smallest absolute Gasteiger partial charge is 0.290 e. The van der Waals surface area contributed by atoms with Crippen LogP contribution in [-0.2, 0) is 4.79 Å². The lowest BCUT2D eigenvalue weighted by Gasteiger charge is -2.36. The molecule has 0 spiro atoms. The number of ketones is 1. The zero-order valence-electron chi connectivity index (χ0n) is 20.9. The number of aliphatic hydroxyl groups excluding tert-OH is 1. The fourth-order valence-electron chi connectivity index (χ4n) is 5.31. The first kappa shape index (κ1) is 24.3. The Morgan fingerprint density at radius 3 is 2.33 bits per heavy atom. The summed E-state index contributed by atoms with van der Waals surface area (Å²) >= 11 is 1.31. The standard InChI is InChI=1S/C29H31N3O3S/c1-18-27(36-28(30-18)20-10-6-4-7-11-20)25(33)23-24(19-14-16-21(17-15-19)31(2)3)32(29(35)26(23)34)22-12-8-5-9-13-22/h4,6-7,10-11,14-17,22,24,34H,5,8-9,12-13H2,1-3H3. The highest BCUT2D eigenvalue weighted by Crippen LogP contribution is 2.44. The van der Waals surface area contributed by atoms with Crippen molar-refractivity contribution in [3.8, 4) is 10.6 Å². The Balaban J connectivity index is 1.58. The summed E-state index contributed by atoms with van der Waals surface area (Å²) in [6, 6.07) is 17.0. The van der Waals surface area contributed by atoms with E-state index in [1.807, 2.05) is 80.5 Å². The third-order valence-electron chi connectivity index (χ3n) is 7.21. The number of carbonyl (C=O) groups excluding carboxylic acids is 2. The fraction of sp³-hybridized carbons (Fsp3) is 0.345. The molecule has 1 unspecified atom stereocenters. The zero-order chi connectivity index (χ0) is 25.4. The lowest BCUT2D eigenvalue weighted by Crippen LogP contribution is -2.41. The van der Waals surface area contributed by atoms with E-state index < -0.39 is 17.7 Å². The van der Waals surface area contributed by atoms with Crippen molar-refractivity contribution in [3.05, 3.63) is 82.1 Å². The number of carbonyl (C=O) groups is 2. The monoisotopic (exact) mass is 501 g/mol. The van der Waals surface area contributed by atoms with E-state index in [0.717, 1.165) is 53.9 Å². The van der Waals surface area contributed by atoms with E-state index in [9.17, 15) is 14.7 Å². The lowest BCUT2D eigenvalue weighted by molar-refractivity contribution is -0.132. The second-order valence-corrected chi connectivity index (χ2v) is 10.8. The summed E-state index contributed by atoms with van der Waals surface area (Å²) in [6.07, 6.45) is 4.99. The number of nitrogens with zero attached hydrogens (tertiary/aromatic N) is 3. The van der Waals surface area contributed by atoms with E-state index in [1.165, 1.54) is 11.3 Å². The average molecular weight is 502 g/mol. The van der Waals surface area contributed by atoms with Crippen molar-refractivity contribution in [2.75, 3.05) is 19.0 Å². The van der Waals surface area contributed by atoms with E-state index >= 15 is 0 Å². The highest BCUT2D eigenvalue weighted by Gasteiger charge is 2.47. The molecule has 1 saturated carbocycles. The van der Waals surface area contributed by atoms with Crippen molar-refractivity contribution < 1.29 is 14.7 Å². The van der Waals surface area contributed by atoms with Crippen molar-refractivity contribution in [2.45, 2.75) is 51.1 Å². The molecule has 1 fully saturated rings. The van der Waals surface area contributed by atoms with E-state index in [-0.39, 0.29) is 17.4 Å². The molecule has 1 atom stereocenters. The average Bonchev–Trinajstić information content (AvgIpc) is 3.42. The molecule has 5 rings (SSSR count). The van der Waals surface area contributed by atoms with Crippen LogP contribution in [0, 0.1) is 6.92 Å². The van der Waals surface area contributed by atoms with Crippen molar-refractivity contribution in [3.63, 3.8) is 0 Å². The van der Waals surface area contributed by atoms with Gasteiger partial charge < -0.3 is 14.9 Å². The van der Waals surface area contributed by atoms with E-state index in [0.29, 0.717) is 10.6 Å². The summed E-state index contributed by atoms with van der Waals surface area (Å²) in [5, 5.41) is 11.9. The Labute approximate surface area is 215 Å². The summed E-state index contributed by atoms with van der Waals surface area (Å²) < 4.78 is 0. The SMILES string of the molecule is Cc1nc(-c2ccccc2)sc1C(=O)C1=C(O)C(=O)N(C2CCCCC2)C1c1ccc(N(C)C)cc1. The zero-order valence-corrected chi connectivity index (χ0v) is 21.7. The molecule has 1 aliphatic heterocycles. The normalized spacial score (nSPS) is 18.7. The molecule has 2 heterocycles. The van der Waals surface area contributed by atoms with Gasteiger partial charge in [-0.15, -0.1) is 11.3 Å². The molecule has 0 saturated heterocycles. The number of amides is 1. The molecule has 1 aliphatic carbocycles. The fourth-order valence-corrected chi connectivity index (χ4v) is 6.33. The minimum Gasteiger partial charge on any atom is -0.503 e. The van der Waals surface area contributed by atoms with Crippen LogP contribution >= 0.6 is 11.3 Å². The van der Waals surface area contributed by atoms with Crippen LogP contribution in [-0.4, -0.2) is 46.8 Å². The molecular formula is C29H31N3O3S. The van der Waals surface area contributed by atoms with Crippen LogP contribution in [0.4, 0.5) is 5.69 Å². The Hall–Kier alpha value is -3.45. The molecule has 6 nitrogen and oxygen atoms in total. The lowest BCUT2D eigenvalue weighted by atomic mass is 9.90. The molecule has 1 aromatic heterocycles. The maximum Gasteiger partial charge on any atom is 0.290 e. The molecule has 1 amide bonds. The summed E-state index contributed by atoms with van der Waals surface area (Å²) in [4.78, 5) is 36.4. The predicted octanol–water partition coefficient (Wildman–Crippen LogP) is 6.10. The van der Waals surface area contributed by atoms with Crippen LogP contribution in [0.5, 0.6) is 0 Å². The van der Waals surface area contributed by atoms with Gasteiger partial charge in [0.1, 0.15) is 5.01 Å². The summed E-state index contributed by atoms with van der Waals surface area (Å²) in [5.74, 6) is -1.20. The topological polar surface area (TPSA) is 73.7 Å². The summed E-state index contributed by atoms with van der Waals surface area (Å²) in [7, 11) is 3.94. The van der Waals surface area contributed by atoms with Gasteiger partial charge in [0, 0.05) is 31.4 Å². The van der Waals surface area contributed by atoms with E-state index in [1.54, 1.807) is 4.90 Å². The molecular weight excluding hydrogens is 470 g/mol. The number of hydrogen-bond donors (Lipinski definition) is 1. The minimum absolute atomic E-state index is 0.000312. The minimum atomic E-state index is -0.619. The van der Waals surface area contributed by atoms with Gasteiger partial charge in [0.15, 0.2) is 5.76 Å². The highest BCUT2D eigenvalue weighted by molar-refractivity contribution is 7.17. The van der Waals surface area contributed by atoms with Gasteiger partial charge in [-0.1, -0.05) is 61.7 Å². The third-order valence-corrected chi connectivity index (χ3v) is 8.41. The van der Waals surface area contributed by atoms with Crippen molar-refractivity contribution in [1.82, 2.24) is 9.88 Å². The van der Waals surface area contributed by atoms with E-state index in [2.05, 4.69) is 4.98 Å². The molecule has 2 aromatic carbocycles. The van der Waals surface area contributed by atoms with E-state index in [4.69, 9.17) is 0 Å². The Morgan fingerprint density at radius 1 is 1.03 bits per heavy atom. The predicted molar refractivity (Wildman–Crippen MR) is 144 cm³/mol. The number of hydrogen-bond acceptors (Lipinski definition) is 6. The Bertz CT molecular complexity index is 1310. The number of aliphatic hydroxyl groups is 1. The van der Waals surface area contributed by atoms with Gasteiger partial charge in [0.2, 0.25) is 5.78 Å². The number of Topliss-reactive ketones (excluding diaryl/α,β-unsaturated/α-hetero) is 1. The number of thiazole rings is 1. The number of anilines is 1. The molecule has 7 heteroatoms. The quantitative estimate of drug-likeness (QED) is 0.414. The van der Waals surface area contributed by atoms with Crippen molar-refractivity contribution >= 4 is 28.7 Å². The van der Waals surface area contributed by atoms with Crippen molar-refractivity contribution in [2.24, 2.45) is 0 Å². The van der Waals surface area contributed by atoms with Crippen LogP contribution in [0.15, 0.2) is 65.9 Å². The van der Waals surface area contributed by atoms with Gasteiger partial charge in [0.05, 0.1) is 22.2 Å². The van der Waals surface area contributed by atoms with Crippen LogP contribution in [0.2, 0.25) is 0 Å². The van der Waals surface area contributed by atoms with Gasteiger partial charge >= 0.3 is 0 Å². The molecule has 0 bridgehead atoms. The number of rotatable bonds is 6. The first-order valence-corrected chi connectivity index (χ1v) is 13.3. The van der Waals surface area contributed by atoms with Crippen LogP contribution < -0.4 is 4.90 Å². The Morgan fingerprint density at radius 2 is 1.69 bits per heavy atom. The van der Waals surface area contributed by atoms with Gasteiger partial charge in [-0.25, -0.2) is 4.98 Å². The number of aromatic nitrogens is 1. The molecule has 186 valence electrons. The third kappa shape index (κ3) is 4.32. The molecule has 1 N–H and O–H groups in total. The van der Waals surface area contributed by atoms with Crippen LogP contribution in [0.1, 0.15) is 59.1 Å². The van der Waals surface area contributed by atoms with Crippen LogP contribution in [0.25, 0.3) is 10.6 Å². The van der Waals surface area contributed by atoms with Crippen LogP contribution in [0.3, 0.4) is 0 Å². The summed E-state index contributed by atoms with van der Waals surface area (Å²) in [6.45, 7) is 1.81.